The van der Waals surface area contributed by atoms with Crippen LogP contribution in [-0.4, -0.2) is 30.1 Å². The van der Waals surface area contributed by atoms with Crippen molar-refractivity contribution >= 4 is 15.9 Å². The lowest BCUT2D eigenvalue weighted by molar-refractivity contribution is 0.189. The minimum Gasteiger partial charge on any atom is -0.392 e. The molecule has 14 heavy (non-hydrogen) atoms. The van der Waals surface area contributed by atoms with Crippen molar-refractivity contribution in [3.05, 3.63) is 33.8 Å². The molecule has 1 aromatic rings. The minimum atomic E-state index is 0.115. The van der Waals surface area contributed by atoms with E-state index in [2.05, 4.69) is 33.9 Å². The summed E-state index contributed by atoms with van der Waals surface area (Å²) in [5, 5.41) is 8.98. The number of aliphatic hydroxyl groups excluding tert-OH is 1. The van der Waals surface area contributed by atoms with Crippen molar-refractivity contribution in [2.75, 3.05) is 20.1 Å². The Morgan fingerprint density at radius 1 is 1.50 bits per heavy atom. The predicted octanol–water partition coefficient (Wildman–Crippen LogP) is 1.97. The normalized spacial score (nSPS) is 18.2. The van der Waals surface area contributed by atoms with E-state index in [-0.39, 0.29) is 6.61 Å². The van der Waals surface area contributed by atoms with Crippen LogP contribution in [-0.2, 0) is 6.61 Å². The van der Waals surface area contributed by atoms with Gasteiger partial charge in [-0.15, -0.1) is 0 Å². The third-order valence-electron chi connectivity index (χ3n) is 2.75. The van der Waals surface area contributed by atoms with Gasteiger partial charge in [0.05, 0.1) is 6.61 Å². The van der Waals surface area contributed by atoms with Gasteiger partial charge in [-0.25, -0.2) is 0 Å². The lowest BCUT2D eigenvalue weighted by Crippen LogP contribution is -2.41. The smallest absolute Gasteiger partial charge is 0.0682 e. The molecule has 0 unspecified atom stereocenters. The Bertz CT molecular complexity index is 334. The Morgan fingerprint density at radius 3 is 2.71 bits per heavy atom. The molecule has 1 fully saturated rings. The molecule has 0 amide bonds. The topological polar surface area (TPSA) is 23.5 Å². The van der Waals surface area contributed by atoms with Crippen LogP contribution in [0.25, 0.3) is 0 Å². The molecule has 1 saturated heterocycles. The summed E-state index contributed by atoms with van der Waals surface area (Å²) in [5.41, 5.74) is 2.33. The van der Waals surface area contributed by atoms with Crippen LogP contribution in [0, 0.1) is 0 Å². The summed E-state index contributed by atoms with van der Waals surface area (Å²) >= 11 is 3.55. The van der Waals surface area contributed by atoms with E-state index >= 15 is 0 Å². The quantitative estimate of drug-likeness (QED) is 0.874. The van der Waals surface area contributed by atoms with Gasteiger partial charge in [0, 0.05) is 23.5 Å². The maximum Gasteiger partial charge on any atom is 0.0682 e. The molecular weight excluding hydrogens is 242 g/mol. The number of likely N-dealkylation sites (N-methyl/N-ethyl adjacent to an activating group) is 1. The zero-order valence-electron chi connectivity index (χ0n) is 8.20. The largest absolute Gasteiger partial charge is 0.392 e. The second-order valence-corrected chi connectivity index (χ2v) is 4.79. The molecule has 1 aromatic carbocycles. The van der Waals surface area contributed by atoms with Gasteiger partial charge in [0.2, 0.25) is 0 Å². The molecule has 1 N–H and O–H groups in total. The molecule has 2 rings (SSSR count). The van der Waals surface area contributed by atoms with Gasteiger partial charge in [0.1, 0.15) is 0 Å². The average Bonchev–Trinajstić information content (AvgIpc) is 2.13. The van der Waals surface area contributed by atoms with Gasteiger partial charge >= 0.3 is 0 Å². The highest BCUT2D eigenvalue weighted by Gasteiger charge is 2.26. The zero-order valence-corrected chi connectivity index (χ0v) is 9.79. The lowest BCUT2D eigenvalue weighted by Gasteiger charge is -2.37. The van der Waals surface area contributed by atoms with Crippen molar-refractivity contribution in [1.82, 2.24) is 4.90 Å². The van der Waals surface area contributed by atoms with E-state index in [0.717, 1.165) is 23.1 Å². The molecule has 0 atom stereocenters. The minimum absolute atomic E-state index is 0.115. The highest BCUT2D eigenvalue weighted by atomic mass is 79.9. The molecule has 0 saturated carbocycles. The number of halogens is 1. The first-order valence-electron chi connectivity index (χ1n) is 4.78. The summed E-state index contributed by atoms with van der Waals surface area (Å²) in [6.07, 6.45) is 0. The Labute approximate surface area is 92.7 Å². The highest BCUT2D eigenvalue weighted by molar-refractivity contribution is 9.10. The second-order valence-electron chi connectivity index (χ2n) is 3.93. The van der Waals surface area contributed by atoms with Crippen molar-refractivity contribution in [2.45, 2.75) is 12.5 Å². The molecule has 0 aromatic heterocycles. The fraction of sp³-hybridized carbons (Fsp3) is 0.455. The van der Waals surface area contributed by atoms with Crippen molar-refractivity contribution < 1.29 is 5.11 Å². The van der Waals surface area contributed by atoms with Gasteiger partial charge in [-0.2, -0.15) is 0 Å². The molecule has 0 aliphatic carbocycles. The van der Waals surface area contributed by atoms with Crippen molar-refractivity contribution in [3.8, 4) is 0 Å². The van der Waals surface area contributed by atoms with Crippen LogP contribution in [0.3, 0.4) is 0 Å². The van der Waals surface area contributed by atoms with Gasteiger partial charge in [0.15, 0.2) is 0 Å². The molecule has 3 heteroatoms. The van der Waals surface area contributed by atoms with E-state index in [9.17, 15) is 0 Å². The van der Waals surface area contributed by atoms with Crippen LogP contribution in [0.5, 0.6) is 0 Å². The van der Waals surface area contributed by atoms with E-state index in [1.165, 1.54) is 5.56 Å². The van der Waals surface area contributed by atoms with Crippen LogP contribution in [0.4, 0.5) is 0 Å². The molecule has 2 nitrogen and oxygen atoms in total. The number of rotatable bonds is 2. The molecule has 1 aliphatic heterocycles. The summed E-state index contributed by atoms with van der Waals surface area (Å²) in [6.45, 7) is 2.39. The van der Waals surface area contributed by atoms with Gasteiger partial charge in [-0.05, 0) is 24.2 Å². The van der Waals surface area contributed by atoms with E-state index in [1.54, 1.807) is 0 Å². The Kier molecular flexibility index (Phi) is 2.91. The lowest BCUT2D eigenvalue weighted by atomic mass is 9.91. The third-order valence-corrected chi connectivity index (χ3v) is 3.44. The summed E-state index contributed by atoms with van der Waals surface area (Å²) in [7, 11) is 2.13. The molecular formula is C11H14BrNO. The SMILES string of the molecule is CN1CC(c2ccc(CO)cc2Br)C1. The van der Waals surface area contributed by atoms with Crippen molar-refractivity contribution in [1.29, 1.82) is 0 Å². The number of aliphatic hydroxyl groups is 1. The highest BCUT2D eigenvalue weighted by Crippen LogP contribution is 2.31. The van der Waals surface area contributed by atoms with Crippen molar-refractivity contribution in [3.63, 3.8) is 0 Å². The molecule has 0 bridgehead atoms. The number of hydrogen-bond acceptors (Lipinski definition) is 2. The molecule has 1 heterocycles. The van der Waals surface area contributed by atoms with Crippen LogP contribution in [0.2, 0.25) is 0 Å². The van der Waals surface area contributed by atoms with Crippen molar-refractivity contribution in [2.24, 2.45) is 0 Å². The summed E-state index contributed by atoms with van der Waals surface area (Å²) in [5.74, 6) is 0.655. The van der Waals surface area contributed by atoms with Gasteiger partial charge in [-0.1, -0.05) is 28.1 Å². The Morgan fingerprint density at radius 2 is 2.21 bits per heavy atom. The fourth-order valence-corrected chi connectivity index (χ4v) is 2.65. The standard InChI is InChI=1S/C11H14BrNO/c1-13-5-9(6-13)10-3-2-8(7-14)4-11(10)12/h2-4,9,14H,5-7H2,1H3. The Balaban J connectivity index is 2.18. The summed E-state index contributed by atoms with van der Waals surface area (Å²) in [6, 6.07) is 6.12. The zero-order chi connectivity index (χ0) is 10.1. The average molecular weight is 256 g/mol. The fourth-order valence-electron chi connectivity index (χ4n) is 1.90. The first-order valence-corrected chi connectivity index (χ1v) is 5.57. The maximum absolute atomic E-state index is 8.98. The number of likely N-dealkylation sites (tertiary alicyclic amines) is 1. The maximum atomic E-state index is 8.98. The van der Waals surface area contributed by atoms with E-state index < -0.39 is 0 Å². The molecule has 1 aliphatic rings. The molecule has 0 radical (unpaired) electrons. The molecule has 0 spiro atoms. The van der Waals surface area contributed by atoms with Gasteiger partial charge in [0.25, 0.3) is 0 Å². The molecule has 76 valence electrons. The second kappa shape index (κ2) is 4.01. The van der Waals surface area contributed by atoms with Crippen LogP contribution in [0.1, 0.15) is 17.0 Å². The summed E-state index contributed by atoms with van der Waals surface area (Å²) in [4.78, 5) is 2.30. The van der Waals surface area contributed by atoms with Gasteiger partial charge in [-0.3, -0.25) is 0 Å². The number of nitrogens with zero attached hydrogens (tertiary/aromatic N) is 1. The van der Waals surface area contributed by atoms with E-state index in [0.29, 0.717) is 5.92 Å². The number of benzene rings is 1. The van der Waals surface area contributed by atoms with Crippen LogP contribution < -0.4 is 0 Å². The Hall–Kier alpha value is -0.380. The summed E-state index contributed by atoms with van der Waals surface area (Å²) < 4.78 is 1.13. The number of hydrogen-bond donors (Lipinski definition) is 1. The van der Waals surface area contributed by atoms with Gasteiger partial charge < -0.3 is 10.0 Å². The first kappa shape index (κ1) is 10.1. The monoisotopic (exact) mass is 255 g/mol. The van der Waals surface area contributed by atoms with E-state index in [1.807, 2.05) is 12.1 Å². The predicted molar refractivity (Wildman–Crippen MR) is 60.3 cm³/mol. The van der Waals surface area contributed by atoms with Crippen LogP contribution in [0.15, 0.2) is 22.7 Å². The third kappa shape index (κ3) is 1.85. The van der Waals surface area contributed by atoms with E-state index in [4.69, 9.17) is 5.11 Å². The van der Waals surface area contributed by atoms with Crippen LogP contribution >= 0.6 is 15.9 Å². The first-order chi connectivity index (χ1) is 6.70.